The van der Waals surface area contributed by atoms with Crippen LogP contribution >= 0.6 is 0 Å². The van der Waals surface area contributed by atoms with E-state index in [-0.39, 0.29) is 17.2 Å². The largest absolute Gasteiger partial charge is 0.341 e. The van der Waals surface area contributed by atoms with Gasteiger partial charge < -0.3 is 5.32 Å². The van der Waals surface area contributed by atoms with Crippen molar-refractivity contribution < 1.29 is 22.0 Å². The van der Waals surface area contributed by atoms with Gasteiger partial charge in [0.25, 0.3) is 5.91 Å². The van der Waals surface area contributed by atoms with E-state index in [0.29, 0.717) is 22.4 Å². The number of amides is 1. The number of rotatable bonds is 5. The number of hydrogen-bond acceptors (Lipinski definition) is 5. The highest BCUT2D eigenvalue weighted by Crippen LogP contribution is 2.31. The Hall–Kier alpha value is -2.88. The first-order valence-corrected chi connectivity index (χ1v) is 11.6. The first-order valence-electron chi connectivity index (χ1n) is 10.1. The van der Waals surface area contributed by atoms with Gasteiger partial charge in [0.15, 0.2) is 5.65 Å². The topological polar surface area (TPSA) is 93.9 Å². The maximum absolute atomic E-state index is 13.3. The van der Waals surface area contributed by atoms with Crippen molar-refractivity contribution in [2.75, 3.05) is 5.32 Å². The monoisotopic (exact) mass is 464 g/mol. The van der Waals surface area contributed by atoms with E-state index in [2.05, 4.69) is 10.4 Å². The number of anilines is 1. The highest BCUT2D eigenvalue weighted by Gasteiger charge is 2.30. The zero-order valence-electron chi connectivity index (χ0n) is 18.8. The second kappa shape index (κ2) is 8.23. The van der Waals surface area contributed by atoms with Crippen molar-refractivity contribution in [1.82, 2.24) is 14.8 Å². The highest BCUT2D eigenvalue weighted by molar-refractivity contribution is 7.91. The van der Waals surface area contributed by atoms with E-state index < -0.39 is 31.9 Å². The number of benzene rings is 1. The molecule has 1 amide bonds. The predicted octanol–water partition coefficient (Wildman–Crippen LogP) is 4.87. The highest BCUT2D eigenvalue weighted by atomic mass is 32.2. The summed E-state index contributed by atoms with van der Waals surface area (Å²) >= 11 is 0. The maximum Gasteiger partial charge on any atom is 0.341 e. The molecule has 10 heteroatoms. The summed E-state index contributed by atoms with van der Waals surface area (Å²) in [4.78, 5) is 17.4. The second-order valence-corrected chi connectivity index (χ2v) is 10.8. The molecule has 0 aliphatic heterocycles. The molecule has 0 fully saturated rings. The summed E-state index contributed by atoms with van der Waals surface area (Å²) in [6, 6.07) is 6.74. The number of nitrogens with zero attached hydrogens (tertiary/aromatic N) is 3. The van der Waals surface area contributed by atoms with Gasteiger partial charge in [0.2, 0.25) is 9.84 Å². The molecule has 2 heterocycles. The van der Waals surface area contributed by atoms with Crippen LogP contribution in [0, 0.1) is 6.92 Å². The molecule has 0 saturated carbocycles. The van der Waals surface area contributed by atoms with Crippen molar-refractivity contribution in [1.29, 1.82) is 0 Å². The molecule has 0 atom stereocenters. The van der Waals surface area contributed by atoms with Gasteiger partial charge in [-0.15, -0.1) is 0 Å². The SMILES string of the molecule is Cc1nn(C(C)(C)C)c2nc(C(C)C)cc(C(=O)Nc3ccccc3S(=O)(=O)C(F)F)c12. The number of fused-ring (bicyclic) bond motifs is 1. The Morgan fingerprint density at radius 2 is 1.78 bits per heavy atom. The summed E-state index contributed by atoms with van der Waals surface area (Å²) in [6.07, 6.45) is 0. The number of para-hydroxylation sites is 1. The molecule has 3 rings (SSSR count). The fraction of sp³-hybridized carbons (Fsp3) is 0.409. The summed E-state index contributed by atoms with van der Waals surface area (Å²) < 4.78 is 52.2. The lowest BCUT2D eigenvalue weighted by molar-refractivity contribution is 0.102. The lowest BCUT2D eigenvalue weighted by Crippen LogP contribution is -2.24. The smallest absolute Gasteiger partial charge is 0.321 e. The van der Waals surface area contributed by atoms with Crippen LogP contribution in [0.2, 0.25) is 0 Å². The number of aromatic nitrogens is 3. The van der Waals surface area contributed by atoms with Gasteiger partial charge in [-0.2, -0.15) is 13.9 Å². The third-order valence-corrected chi connectivity index (χ3v) is 6.42. The van der Waals surface area contributed by atoms with E-state index in [1.165, 1.54) is 18.2 Å². The van der Waals surface area contributed by atoms with Crippen molar-refractivity contribution in [3.63, 3.8) is 0 Å². The minimum absolute atomic E-state index is 0.000993. The molecule has 1 aromatic carbocycles. The fourth-order valence-electron chi connectivity index (χ4n) is 3.35. The Kier molecular flexibility index (Phi) is 6.12. The van der Waals surface area contributed by atoms with Crippen LogP contribution in [0.3, 0.4) is 0 Å². The zero-order chi connectivity index (χ0) is 24.0. The molecular weight excluding hydrogens is 438 g/mol. The molecule has 32 heavy (non-hydrogen) atoms. The Bertz CT molecular complexity index is 1290. The first kappa shape index (κ1) is 23.8. The van der Waals surface area contributed by atoms with Crippen LogP contribution in [-0.4, -0.2) is 34.8 Å². The third kappa shape index (κ3) is 4.23. The number of aryl methyl sites for hydroxylation is 1. The average Bonchev–Trinajstić information content (AvgIpc) is 3.04. The van der Waals surface area contributed by atoms with Crippen LogP contribution < -0.4 is 5.32 Å². The number of sulfone groups is 1. The Labute approximate surface area is 185 Å². The van der Waals surface area contributed by atoms with Crippen LogP contribution in [0.5, 0.6) is 0 Å². The normalized spacial score (nSPS) is 12.7. The molecule has 0 radical (unpaired) electrons. The molecule has 0 bridgehead atoms. The van der Waals surface area contributed by atoms with Crippen LogP contribution in [0.15, 0.2) is 35.2 Å². The van der Waals surface area contributed by atoms with E-state index in [4.69, 9.17) is 4.98 Å². The molecule has 2 aromatic heterocycles. The molecule has 0 saturated heterocycles. The van der Waals surface area contributed by atoms with Gasteiger partial charge in [-0.05, 0) is 51.8 Å². The van der Waals surface area contributed by atoms with Crippen LogP contribution in [0.25, 0.3) is 11.0 Å². The van der Waals surface area contributed by atoms with Gasteiger partial charge in [0.05, 0.1) is 32.8 Å². The van der Waals surface area contributed by atoms with Crippen LogP contribution in [0.4, 0.5) is 14.5 Å². The summed E-state index contributed by atoms with van der Waals surface area (Å²) in [5.74, 6) is -4.23. The van der Waals surface area contributed by atoms with Gasteiger partial charge in [0, 0.05) is 5.69 Å². The van der Waals surface area contributed by atoms with E-state index in [0.717, 1.165) is 6.07 Å². The summed E-state index contributed by atoms with van der Waals surface area (Å²) in [7, 11) is -4.90. The number of nitrogens with one attached hydrogen (secondary N) is 1. The maximum atomic E-state index is 13.3. The van der Waals surface area contributed by atoms with Crippen molar-refractivity contribution in [2.24, 2.45) is 0 Å². The zero-order valence-corrected chi connectivity index (χ0v) is 19.6. The van der Waals surface area contributed by atoms with Crippen molar-refractivity contribution in [3.05, 3.63) is 47.3 Å². The van der Waals surface area contributed by atoms with E-state index in [1.807, 2.05) is 34.6 Å². The molecule has 0 unspecified atom stereocenters. The summed E-state index contributed by atoms with van der Waals surface area (Å²) in [5.41, 5.74) is 1.39. The van der Waals surface area contributed by atoms with Crippen molar-refractivity contribution in [2.45, 2.75) is 63.7 Å². The van der Waals surface area contributed by atoms with Crippen LogP contribution in [-0.2, 0) is 15.4 Å². The van der Waals surface area contributed by atoms with Crippen molar-refractivity contribution >= 4 is 32.5 Å². The first-order chi connectivity index (χ1) is 14.7. The number of carbonyl (C=O) groups excluding carboxylic acids is 1. The number of pyridine rings is 1. The van der Waals surface area contributed by atoms with E-state index >= 15 is 0 Å². The molecule has 1 N–H and O–H groups in total. The van der Waals surface area contributed by atoms with Gasteiger partial charge in [0.1, 0.15) is 0 Å². The molecule has 0 aliphatic rings. The Morgan fingerprint density at radius 1 is 1.16 bits per heavy atom. The summed E-state index contributed by atoms with van der Waals surface area (Å²) in [6.45, 7) is 11.5. The molecule has 0 aliphatic carbocycles. The molecular formula is C22H26F2N4O3S. The lowest BCUT2D eigenvalue weighted by atomic mass is 10.0. The summed E-state index contributed by atoms with van der Waals surface area (Å²) in [5, 5.41) is 7.60. The minimum Gasteiger partial charge on any atom is -0.321 e. The predicted molar refractivity (Wildman–Crippen MR) is 119 cm³/mol. The van der Waals surface area contributed by atoms with Crippen molar-refractivity contribution in [3.8, 4) is 0 Å². The van der Waals surface area contributed by atoms with Gasteiger partial charge >= 0.3 is 5.76 Å². The Morgan fingerprint density at radius 3 is 2.34 bits per heavy atom. The Balaban J connectivity index is 2.20. The molecule has 172 valence electrons. The van der Waals surface area contributed by atoms with E-state index in [1.54, 1.807) is 17.7 Å². The average molecular weight is 465 g/mol. The lowest BCUT2D eigenvalue weighted by Gasteiger charge is -2.20. The molecule has 3 aromatic rings. The molecule has 7 nitrogen and oxygen atoms in total. The number of hydrogen-bond donors (Lipinski definition) is 1. The minimum atomic E-state index is -4.90. The number of alkyl halides is 2. The van der Waals surface area contributed by atoms with Gasteiger partial charge in [-0.1, -0.05) is 26.0 Å². The van der Waals surface area contributed by atoms with Gasteiger partial charge in [-0.25, -0.2) is 18.1 Å². The molecule has 0 spiro atoms. The fourth-order valence-corrected chi connectivity index (χ4v) is 4.24. The number of carbonyl (C=O) groups is 1. The second-order valence-electron chi connectivity index (χ2n) is 8.87. The van der Waals surface area contributed by atoms with E-state index in [9.17, 15) is 22.0 Å². The third-order valence-electron chi connectivity index (χ3n) is 4.98. The number of halogens is 2. The standard InChI is InChI=1S/C22H26F2N4O3S/c1-12(2)16-11-14(18-13(3)27-28(19(18)25-16)22(4,5)6)20(29)26-15-9-7-8-10-17(15)32(30,31)21(23)24/h7-12,21H,1-6H3,(H,26,29). The quantitative estimate of drug-likeness (QED) is 0.582. The van der Waals surface area contributed by atoms with Gasteiger partial charge in [-0.3, -0.25) is 4.79 Å². The van der Waals surface area contributed by atoms with Crippen LogP contribution in [0.1, 0.15) is 62.3 Å².